The van der Waals surface area contributed by atoms with Crippen molar-refractivity contribution in [3.05, 3.63) is 35.4 Å². The highest BCUT2D eigenvalue weighted by molar-refractivity contribution is 5.86. The molecule has 0 aromatic heterocycles. The summed E-state index contributed by atoms with van der Waals surface area (Å²) in [5.74, 6) is -0.284. The van der Waals surface area contributed by atoms with Gasteiger partial charge in [0.2, 0.25) is 5.91 Å². The minimum Gasteiger partial charge on any atom is -0.356 e. The van der Waals surface area contributed by atoms with E-state index in [9.17, 15) is 9.59 Å². The third-order valence-corrected chi connectivity index (χ3v) is 5.25. The minimum atomic E-state index is -0.708. The van der Waals surface area contributed by atoms with Crippen LogP contribution in [0.4, 0.5) is 0 Å². The summed E-state index contributed by atoms with van der Waals surface area (Å²) >= 11 is 0. The average molecular weight is 376 g/mol. The Balaban J connectivity index is 2.11. The number of carbonyl (C=O) groups is 2. The van der Waals surface area contributed by atoms with Gasteiger partial charge in [0.25, 0.3) is 5.91 Å². The van der Waals surface area contributed by atoms with Gasteiger partial charge in [-0.25, -0.2) is 0 Å². The zero-order valence-electron chi connectivity index (χ0n) is 17.4. The normalized spacial score (nSPS) is 20.6. The third-order valence-electron chi connectivity index (χ3n) is 5.25. The average Bonchev–Trinajstić information content (AvgIpc) is 2.60. The number of likely N-dealkylation sites (N-methyl/N-ethyl adjacent to an activating group) is 1. The van der Waals surface area contributed by atoms with E-state index in [1.54, 1.807) is 11.9 Å². The molecule has 2 atom stereocenters. The molecule has 150 valence electrons. The molecule has 1 aliphatic rings. The van der Waals surface area contributed by atoms with E-state index in [4.69, 9.17) is 4.74 Å². The van der Waals surface area contributed by atoms with E-state index in [1.807, 2.05) is 31.2 Å². The molecular weight excluding hydrogens is 342 g/mol. The summed E-state index contributed by atoms with van der Waals surface area (Å²) < 4.78 is 5.68. The maximum Gasteiger partial charge on any atom is 0.251 e. The third kappa shape index (κ3) is 5.08. The largest absolute Gasteiger partial charge is 0.356 e. The predicted octanol–water partition coefficient (Wildman–Crippen LogP) is 2.13. The summed E-state index contributed by atoms with van der Waals surface area (Å²) in [5.41, 5.74) is 1.98. The molecule has 1 aromatic rings. The highest BCUT2D eigenvalue weighted by Gasteiger charge is 2.40. The Bertz CT molecular complexity index is 652. The molecule has 0 unspecified atom stereocenters. The lowest BCUT2D eigenvalue weighted by molar-refractivity contribution is -0.162. The Morgan fingerprint density at radius 1 is 1.26 bits per heavy atom. The Kier molecular flexibility index (Phi) is 7.39. The SMILES string of the molecule is Cc1ccccc1[C@@H]1[C@@H](C(=O)NCCN(C(C)C)C(C)C)OCC(=O)N1C. The molecule has 0 spiro atoms. The minimum absolute atomic E-state index is 0.0684. The van der Waals surface area contributed by atoms with Crippen LogP contribution in [0, 0.1) is 6.92 Å². The van der Waals surface area contributed by atoms with E-state index in [1.165, 1.54) is 0 Å². The molecule has 1 heterocycles. The molecular formula is C21H33N3O3. The molecule has 1 fully saturated rings. The first kappa shape index (κ1) is 21.4. The first-order chi connectivity index (χ1) is 12.7. The van der Waals surface area contributed by atoms with E-state index < -0.39 is 12.1 Å². The van der Waals surface area contributed by atoms with Crippen molar-refractivity contribution in [3.8, 4) is 0 Å². The topological polar surface area (TPSA) is 61.9 Å². The van der Waals surface area contributed by atoms with Crippen LogP contribution in [0.25, 0.3) is 0 Å². The van der Waals surface area contributed by atoms with Crippen LogP contribution in [0.2, 0.25) is 0 Å². The van der Waals surface area contributed by atoms with Crippen molar-refractivity contribution in [3.63, 3.8) is 0 Å². The molecule has 0 radical (unpaired) electrons. The highest BCUT2D eigenvalue weighted by Crippen LogP contribution is 2.31. The van der Waals surface area contributed by atoms with Gasteiger partial charge >= 0.3 is 0 Å². The second-order valence-corrected chi connectivity index (χ2v) is 7.75. The van der Waals surface area contributed by atoms with Gasteiger partial charge in [-0.2, -0.15) is 0 Å². The van der Waals surface area contributed by atoms with E-state index in [2.05, 4.69) is 37.9 Å². The number of rotatable bonds is 7. The number of nitrogens with one attached hydrogen (secondary N) is 1. The Hall–Kier alpha value is -1.92. The molecule has 1 N–H and O–H groups in total. The van der Waals surface area contributed by atoms with Gasteiger partial charge in [-0.15, -0.1) is 0 Å². The van der Waals surface area contributed by atoms with Gasteiger partial charge < -0.3 is 15.0 Å². The zero-order chi connectivity index (χ0) is 20.1. The lowest BCUT2D eigenvalue weighted by Crippen LogP contribution is -2.54. The van der Waals surface area contributed by atoms with Gasteiger partial charge in [-0.3, -0.25) is 14.5 Å². The summed E-state index contributed by atoms with van der Waals surface area (Å²) in [6, 6.07) is 8.23. The number of hydrogen-bond acceptors (Lipinski definition) is 4. The number of amides is 2. The predicted molar refractivity (Wildman–Crippen MR) is 106 cm³/mol. The Morgan fingerprint density at radius 3 is 2.48 bits per heavy atom. The number of nitrogens with zero attached hydrogens (tertiary/aromatic N) is 2. The molecule has 6 nitrogen and oxygen atoms in total. The van der Waals surface area contributed by atoms with Crippen LogP contribution in [0.15, 0.2) is 24.3 Å². The lowest BCUT2D eigenvalue weighted by Gasteiger charge is -2.39. The van der Waals surface area contributed by atoms with Crippen molar-refractivity contribution in [1.29, 1.82) is 0 Å². The van der Waals surface area contributed by atoms with Crippen LogP contribution >= 0.6 is 0 Å². The second-order valence-electron chi connectivity index (χ2n) is 7.75. The summed E-state index contributed by atoms with van der Waals surface area (Å²) in [6.07, 6.45) is -0.708. The number of ether oxygens (including phenoxy) is 1. The molecule has 0 aliphatic carbocycles. The zero-order valence-corrected chi connectivity index (χ0v) is 17.4. The molecule has 1 aromatic carbocycles. The number of benzene rings is 1. The van der Waals surface area contributed by atoms with Crippen LogP contribution < -0.4 is 5.32 Å². The molecule has 0 bridgehead atoms. The highest BCUT2D eigenvalue weighted by atomic mass is 16.5. The fourth-order valence-electron chi connectivity index (χ4n) is 3.74. The van der Waals surface area contributed by atoms with Gasteiger partial charge in [0.05, 0.1) is 6.04 Å². The molecule has 6 heteroatoms. The second kappa shape index (κ2) is 9.33. The van der Waals surface area contributed by atoms with Crippen LogP contribution in [0.3, 0.4) is 0 Å². The molecule has 27 heavy (non-hydrogen) atoms. The van der Waals surface area contributed by atoms with Gasteiger partial charge in [-0.05, 0) is 45.7 Å². The Morgan fingerprint density at radius 2 is 1.89 bits per heavy atom. The molecule has 1 saturated heterocycles. The van der Waals surface area contributed by atoms with Crippen LogP contribution in [0.5, 0.6) is 0 Å². The van der Waals surface area contributed by atoms with Gasteiger partial charge in [0, 0.05) is 32.2 Å². The fourth-order valence-corrected chi connectivity index (χ4v) is 3.74. The fraction of sp³-hybridized carbons (Fsp3) is 0.619. The van der Waals surface area contributed by atoms with Gasteiger partial charge in [0.1, 0.15) is 6.61 Å². The van der Waals surface area contributed by atoms with E-state index in [-0.39, 0.29) is 18.4 Å². The quantitative estimate of drug-likeness (QED) is 0.793. The Labute approximate surface area is 162 Å². The van der Waals surface area contributed by atoms with Crippen molar-refractivity contribution >= 4 is 11.8 Å². The smallest absolute Gasteiger partial charge is 0.251 e. The monoisotopic (exact) mass is 375 g/mol. The van der Waals surface area contributed by atoms with Crippen LogP contribution in [0.1, 0.15) is 44.9 Å². The first-order valence-electron chi connectivity index (χ1n) is 9.70. The van der Waals surface area contributed by atoms with Crippen molar-refractivity contribution in [2.24, 2.45) is 0 Å². The molecule has 2 rings (SSSR count). The van der Waals surface area contributed by atoms with E-state index in [0.717, 1.165) is 17.7 Å². The summed E-state index contributed by atoms with van der Waals surface area (Å²) in [7, 11) is 1.74. The van der Waals surface area contributed by atoms with Crippen molar-refractivity contribution < 1.29 is 14.3 Å². The summed E-state index contributed by atoms with van der Waals surface area (Å²) in [6.45, 7) is 11.9. The number of aryl methyl sites for hydroxylation is 1. The molecule has 0 saturated carbocycles. The van der Waals surface area contributed by atoms with E-state index in [0.29, 0.717) is 18.6 Å². The maximum atomic E-state index is 12.9. The molecule has 1 aliphatic heterocycles. The van der Waals surface area contributed by atoms with Crippen LogP contribution in [-0.4, -0.2) is 66.5 Å². The summed E-state index contributed by atoms with van der Waals surface area (Å²) in [4.78, 5) is 29.0. The number of morpholine rings is 1. The summed E-state index contributed by atoms with van der Waals surface area (Å²) in [5, 5.41) is 3.00. The van der Waals surface area contributed by atoms with Crippen molar-refractivity contribution in [1.82, 2.24) is 15.1 Å². The number of carbonyl (C=O) groups excluding carboxylic acids is 2. The molecule has 2 amide bonds. The van der Waals surface area contributed by atoms with Gasteiger partial charge in [0.15, 0.2) is 6.10 Å². The van der Waals surface area contributed by atoms with Crippen LogP contribution in [-0.2, 0) is 14.3 Å². The van der Waals surface area contributed by atoms with Crippen molar-refractivity contribution in [2.75, 3.05) is 26.7 Å². The number of hydrogen-bond donors (Lipinski definition) is 1. The van der Waals surface area contributed by atoms with E-state index >= 15 is 0 Å². The van der Waals surface area contributed by atoms with Gasteiger partial charge in [-0.1, -0.05) is 24.3 Å². The van der Waals surface area contributed by atoms with Crippen molar-refractivity contribution in [2.45, 2.75) is 58.8 Å². The standard InChI is InChI=1S/C21H33N3O3/c1-14(2)24(15(3)4)12-11-22-21(26)20-19(23(6)18(25)13-27-20)17-10-8-7-9-16(17)5/h7-10,14-15,19-20H,11-13H2,1-6H3,(H,22,26)/t19-,20+/m1/s1. The lowest BCUT2D eigenvalue weighted by atomic mass is 9.94. The maximum absolute atomic E-state index is 12.9. The first-order valence-corrected chi connectivity index (χ1v) is 9.70.